The fraction of sp³-hybridized carbons (Fsp3) is 0.474. The Balaban J connectivity index is 1.83. The Morgan fingerprint density at radius 1 is 1.32 bits per heavy atom. The minimum atomic E-state index is 0.109. The number of benzene rings is 1. The number of hydrogen-bond acceptors (Lipinski definition) is 5. The highest BCUT2D eigenvalue weighted by Crippen LogP contribution is 2.30. The van der Waals surface area contributed by atoms with Gasteiger partial charge in [-0.15, -0.1) is 0 Å². The van der Waals surface area contributed by atoms with Crippen LogP contribution in [0.1, 0.15) is 32.8 Å². The minimum Gasteiger partial charge on any atom is -0.367 e. The van der Waals surface area contributed by atoms with Gasteiger partial charge in [0.15, 0.2) is 0 Å². The summed E-state index contributed by atoms with van der Waals surface area (Å²) in [5.41, 5.74) is 2.86. The predicted octanol–water partition coefficient (Wildman–Crippen LogP) is 2.49. The summed E-state index contributed by atoms with van der Waals surface area (Å²) in [5, 5.41) is 12.4. The SMILES string of the molecule is CC(C)CC(=O)NC1CN(c2ccc(C#N)c3nccnc23)CC1C. The van der Waals surface area contributed by atoms with Crippen molar-refractivity contribution >= 4 is 22.6 Å². The summed E-state index contributed by atoms with van der Waals surface area (Å²) >= 11 is 0. The summed E-state index contributed by atoms with van der Waals surface area (Å²) in [6.07, 6.45) is 3.80. The summed E-state index contributed by atoms with van der Waals surface area (Å²) in [5.74, 6) is 0.808. The average molecular weight is 337 g/mol. The van der Waals surface area contributed by atoms with Gasteiger partial charge in [0.1, 0.15) is 17.1 Å². The van der Waals surface area contributed by atoms with E-state index in [0.29, 0.717) is 29.3 Å². The second-order valence-electron chi connectivity index (χ2n) is 7.15. The van der Waals surface area contributed by atoms with Crippen molar-refractivity contribution in [2.45, 2.75) is 33.2 Å². The van der Waals surface area contributed by atoms with Crippen LogP contribution in [0.4, 0.5) is 5.69 Å². The van der Waals surface area contributed by atoms with E-state index in [2.05, 4.69) is 33.2 Å². The molecule has 1 saturated heterocycles. The Labute approximate surface area is 147 Å². The van der Waals surface area contributed by atoms with Gasteiger partial charge in [0.25, 0.3) is 0 Å². The van der Waals surface area contributed by atoms with E-state index in [0.717, 1.165) is 24.3 Å². The lowest BCUT2D eigenvalue weighted by molar-refractivity contribution is -0.122. The Bertz CT molecular complexity index is 826. The molecule has 25 heavy (non-hydrogen) atoms. The van der Waals surface area contributed by atoms with Gasteiger partial charge in [-0.2, -0.15) is 5.26 Å². The molecule has 2 aromatic rings. The van der Waals surface area contributed by atoms with Gasteiger partial charge in [-0.3, -0.25) is 14.8 Å². The molecule has 0 aliphatic carbocycles. The number of amides is 1. The van der Waals surface area contributed by atoms with Gasteiger partial charge in [-0.25, -0.2) is 0 Å². The molecule has 0 bridgehead atoms. The second kappa shape index (κ2) is 7.06. The van der Waals surface area contributed by atoms with E-state index < -0.39 is 0 Å². The van der Waals surface area contributed by atoms with Crippen LogP contribution in [-0.2, 0) is 4.79 Å². The smallest absolute Gasteiger partial charge is 0.220 e. The highest BCUT2D eigenvalue weighted by molar-refractivity contribution is 5.92. The van der Waals surface area contributed by atoms with Crippen molar-refractivity contribution in [2.75, 3.05) is 18.0 Å². The molecule has 0 spiro atoms. The third-order valence-electron chi connectivity index (χ3n) is 4.62. The van der Waals surface area contributed by atoms with Crippen LogP contribution in [0.25, 0.3) is 11.0 Å². The van der Waals surface area contributed by atoms with Crippen molar-refractivity contribution in [1.82, 2.24) is 15.3 Å². The zero-order valence-corrected chi connectivity index (χ0v) is 14.9. The fourth-order valence-electron chi connectivity index (χ4n) is 3.38. The quantitative estimate of drug-likeness (QED) is 0.927. The minimum absolute atomic E-state index is 0.109. The predicted molar refractivity (Wildman–Crippen MR) is 97.0 cm³/mol. The number of fused-ring (bicyclic) bond motifs is 1. The van der Waals surface area contributed by atoms with E-state index in [-0.39, 0.29) is 11.9 Å². The molecule has 6 heteroatoms. The Kier molecular flexibility index (Phi) is 4.84. The highest BCUT2D eigenvalue weighted by atomic mass is 16.1. The molecule has 0 saturated carbocycles. The lowest BCUT2D eigenvalue weighted by Gasteiger charge is -2.20. The first-order valence-electron chi connectivity index (χ1n) is 8.67. The van der Waals surface area contributed by atoms with Crippen molar-refractivity contribution in [3.63, 3.8) is 0 Å². The van der Waals surface area contributed by atoms with Crippen molar-refractivity contribution in [3.05, 3.63) is 30.1 Å². The summed E-state index contributed by atoms with van der Waals surface area (Å²) in [6, 6.07) is 6.02. The van der Waals surface area contributed by atoms with E-state index in [1.54, 1.807) is 18.5 Å². The lowest BCUT2D eigenvalue weighted by Crippen LogP contribution is -2.40. The molecule has 1 aromatic carbocycles. The number of rotatable bonds is 4. The normalized spacial score (nSPS) is 20.0. The van der Waals surface area contributed by atoms with Crippen molar-refractivity contribution in [1.29, 1.82) is 5.26 Å². The number of nitriles is 1. The molecule has 1 aromatic heterocycles. The molecule has 2 unspecified atom stereocenters. The molecule has 1 aliphatic rings. The molecule has 1 N–H and O–H groups in total. The van der Waals surface area contributed by atoms with Crippen molar-refractivity contribution in [3.8, 4) is 6.07 Å². The van der Waals surface area contributed by atoms with Crippen LogP contribution in [0.5, 0.6) is 0 Å². The van der Waals surface area contributed by atoms with Gasteiger partial charge in [-0.05, 0) is 24.0 Å². The van der Waals surface area contributed by atoms with Crippen molar-refractivity contribution < 1.29 is 4.79 Å². The van der Waals surface area contributed by atoms with E-state index >= 15 is 0 Å². The van der Waals surface area contributed by atoms with Gasteiger partial charge < -0.3 is 10.2 Å². The zero-order chi connectivity index (χ0) is 18.0. The number of anilines is 1. The third-order valence-corrected chi connectivity index (χ3v) is 4.62. The molecule has 130 valence electrons. The standard InChI is InChI=1S/C19H23N5O/c1-12(2)8-17(25)23-15-11-24(10-13(15)3)16-5-4-14(9-20)18-19(16)22-7-6-21-18/h4-7,12-13,15H,8,10-11H2,1-3H3,(H,23,25). The van der Waals surface area contributed by atoms with Gasteiger partial charge >= 0.3 is 0 Å². The van der Waals surface area contributed by atoms with Crippen molar-refractivity contribution in [2.24, 2.45) is 11.8 Å². The summed E-state index contributed by atoms with van der Waals surface area (Å²) < 4.78 is 0. The van der Waals surface area contributed by atoms with Crippen LogP contribution in [-0.4, -0.2) is 35.0 Å². The average Bonchev–Trinajstić information content (AvgIpc) is 2.93. The highest BCUT2D eigenvalue weighted by Gasteiger charge is 2.32. The van der Waals surface area contributed by atoms with E-state index in [9.17, 15) is 10.1 Å². The zero-order valence-electron chi connectivity index (χ0n) is 14.9. The first kappa shape index (κ1) is 17.2. The third kappa shape index (κ3) is 3.55. The molecule has 6 nitrogen and oxygen atoms in total. The Morgan fingerprint density at radius 2 is 2.04 bits per heavy atom. The first-order valence-corrected chi connectivity index (χ1v) is 8.67. The number of nitrogens with one attached hydrogen (secondary N) is 1. The van der Waals surface area contributed by atoms with Crippen LogP contribution < -0.4 is 10.2 Å². The maximum Gasteiger partial charge on any atom is 0.220 e. The summed E-state index contributed by atoms with van der Waals surface area (Å²) in [4.78, 5) is 23.1. The Morgan fingerprint density at radius 3 is 2.72 bits per heavy atom. The number of aromatic nitrogens is 2. The topological polar surface area (TPSA) is 81.9 Å². The van der Waals surface area contributed by atoms with Gasteiger partial charge in [0, 0.05) is 31.9 Å². The molecule has 1 amide bonds. The van der Waals surface area contributed by atoms with Crippen LogP contribution in [0.15, 0.2) is 24.5 Å². The summed E-state index contributed by atoms with van der Waals surface area (Å²) in [7, 11) is 0. The number of nitrogens with zero attached hydrogens (tertiary/aromatic N) is 4. The number of carbonyl (C=O) groups excluding carboxylic acids is 1. The molecule has 1 fully saturated rings. The molecule has 1 aliphatic heterocycles. The largest absolute Gasteiger partial charge is 0.367 e. The van der Waals surface area contributed by atoms with Crippen LogP contribution >= 0.6 is 0 Å². The van der Waals surface area contributed by atoms with Gasteiger partial charge in [-0.1, -0.05) is 20.8 Å². The molecular weight excluding hydrogens is 314 g/mol. The monoisotopic (exact) mass is 337 g/mol. The molecule has 2 atom stereocenters. The van der Waals surface area contributed by atoms with E-state index in [4.69, 9.17) is 0 Å². The molecule has 3 rings (SSSR count). The number of carbonyl (C=O) groups is 1. The fourth-order valence-corrected chi connectivity index (χ4v) is 3.38. The molecule has 0 radical (unpaired) electrons. The maximum absolute atomic E-state index is 12.1. The van der Waals surface area contributed by atoms with E-state index in [1.165, 1.54) is 0 Å². The number of hydrogen-bond donors (Lipinski definition) is 1. The lowest BCUT2D eigenvalue weighted by atomic mass is 10.1. The van der Waals surface area contributed by atoms with Crippen LogP contribution in [0.3, 0.4) is 0 Å². The maximum atomic E-state index is 12.1. The molecular formula is C19H23N5O. The molecule has 2 heterocycles. The van der Waals surface area contributed by atoms with Crippen LogP contribution in [0.2, 0.25) is 0 Å². The van der Waals surface area contributed by atoms with E-state index in [1.807, 2.05) is 19.9 Å². The van der Waals surface area contributed by atoms with Crippen LogP contribution in [0, 0.1) is 23.2 Å². The van der Waals surface area contributed by atoms with Gasteiger partial charge in [0.2, 0.25) is 5.91 Å². The second-order valence-corrected chi connectivity index (χ2v) is 7.15. The van der Waals surface area contributed by atoms with Gasteiger partial charge in [0.05, 0.1) is 17.3 Å². The Hall–Kier alpha value is -2.68. The first-order chi connectivity index (χ1) is 12.0. The summed E-state index contributed by atoms with van der Waals surface area (Å²) in [6.45, 7) is 7.82.